The lowest BCUT2D eigenvalue weighted by Crippen LogP contribution is -2.37. The van der Waals surface area contributed by atoms with Crippen molar-refractivity contribution in [3.05, 3.63) is 34.9 Å². The molecule has 1 aromatic carbocycles. The van der Waals surface area contributed by atoms with Gasteiger partial charge in [0.25, 0.3) is 0 Å². The topological polar surface area (TPSA) is 12.0 Å². The Hall–Kier alpha value is -0.960. The van der Waals surface area contributed by atoms with Gasteiger partial charge in [0.2, 0.25) is 0 Å². The molecule has 1 aliphatic rings. The second-order valence-electron chi connectivity index (χ2n) is 6.01. The van der Waals surface area contributed by atoms with Gasteiger partial charge in [-0.15, -0.1) is 0 Å². The van der Waals surface area contributed by atoms with Crippen molar-refractivity contribution in [1.82, 2.24) is 5.32 Å². The molecular weight excluding hydrogens is 256 g/mol. The van der Waals surface area contributed by atoms with Crippen molar-refractivity contribution in [3.8, 4) is 0 Å². The Balaban J connectivity index is 2.51. The van der Waals surface area contributed by atoms with Crippen LogP contribution in [0.25, 0.3) is 0 Å². The average Bonchev–Trinajstić information content (AvgIpc) is 2.92. The van der Waals surface area contributed by atoms with Gasteiger partial charge >= 0.3 is 0 Å². The molecule has 1 N–H and O–H groups in total. The number of hydrogen-bond donors (Lipinski definition) is 1. The highest BCUT2D eigenvalue weighted by atomic mass is 19.1. The summed E-state index contributed by atoms with van der Waals surface area (Å²) < 4.78 is 28.8. The van der Waals surface area contributed by atoms with Gasteiger partial charge in [0.1, 0.15) is 11.6 Å². The molecule has 1 fully saturated rings. The van der Waals surface area contributed by atoms with Crippen molar-refractivity contribution in [1.29, 1.82) is 0 Å². The third kappa shape index (κ3) is 2.60. The molecule has 1 unspecified atom stereocenters. The van der Waals surface area contributed by atoms with Crippen LogP contribution in [-0.4, -0.2) is 6.54 Å². The molecule has 0 amide bonds. The van der Waals surface area contributed by atoms with Crippen molar-refractivity contribution in [3.63, 3.8) is 0 Å². The third-order valence-electron chi connectivity index (χ3n) is 4.93. The normalized spacial score (nSPS) is 19.2. The smallest absolute Gasteiger partial charge is 0.133 e. The fraction of sp³-hybridized carbons (Fsp3) is 0.647. The van der Waals surface area contributed by atoms with Crippen LogP contribution >= 0.6 is 0 Å². The molecule has 0 aromatic heterocycles. The standard InChI is InChI=1S/C17H25F2N/c1-4-17(10-6-7-11-17)16(20-5-2)14-13(18)9-8-12(3)15(14)19/h8-9,16,20H,4-7,10-11H2,1-3H3. The van der Waals surface area contributed by atoms with Crippen molar-refractivity contribution < 1.29 is 8.78 Å². The molecule has 3 heteroatoms. The molecule has 0 aliphatic heterocycles. The summed E-state index contributed by atoms with van der Waals surface area (Å²) in [6.45, 7) is 6.56. The van der Waals surface area contributed by atoms with Gasteiger partial charge in [0, 0.05) is 11.6 Å². The maximum Gasteiger partial charge on any atom is 0.133 e. The van der Waals surface area contributed by atoms with Gasteiger partial charge in [-0.3, -0.25) is 0 Å². The predicted molar refractivity (Wildman–Crippen MR) is 78.7 cm³/mol. The Morgan fingerprint density at radius 3 is 2.40 bits per heavy atom. The summed E-state index contributed by atoms with van der Waals surface area (Å²) in [7, 11) is 0. The van der Waals surface area contributed by atoms with Crippen LogP contribution in [0, 0.1) is 24.0 Å². The van der Waals surface area contributed by atoms with Gasteiger partial charge < -0.3 is 5.32 Å². The Kier molecular flexibility index (Phi) is 4.79. The van der Waals surface area contributed by atoms with E-state index in [1.165, 1.54) is 12.1 Å². The highest BCUT2D eigenvalue weighted by Gasteiger charge is 2.42. The van der Waals surface area contributed by atoms with Crippen molar-refractivity contribution in [2.45, 2.75) is 58.9 Å². The lowest BCUT2D eigenvalue weighted by Gasteiger charge is -2.38. The summed E-state index contributed by atoms with van der Waals surface area (Å²) in [6, 6.07) is 2.70. The fourth-order valence-corrected chi connectivity index (χ4v) is 3.70. The van der Waals surface area contributed by atoms with Crippen molar-refractivity contribution >= 4 is 0 Å². The third-order valence-corrected chi connectivity index (χ3v) is 4.93. The number of halogens is 2. The summed E-state index contributed by atoms with van der Waals surface area (Å²) in [5.74, 6) is -0.797. The Bertz CT molecular complexity index is 464. The van der Waals surface area contributed by atoms with Crippen molar-refractivity contribution in [2.24, 2.45) is 5.41 Å². The molecule has 112 valence electrons. The first-order chi connectivity index (χ1) is 9.55. The molecule has 0 bridgehead atoms. The van der Waals surface area contributed by atoms with E-state index in [2.05, 4.69) is 12.2 Å². The minimum Gasteiger partial charge on any atom is -0.310 e. The van der Waals surface area contributed by atoms with Crippen LogP contribution < -0.4 is 5.32 Å². The van der Waals surface area contributed by atoms with Crippen LogP contribution in [0.2, 0.25) is 0 Å². The summed E-state index contributed by atoms with van der Waals surface area (Å²) in [4.78, 5) is 0. The van der Waals surface area contributed by atoms with Gasteiger partial charge in [-0.1, -0.05) is 32.8 Å². The first-order valence-electron chi connectivity index (χ1n) is 7.73. The Morgan fingerprint density at radius 1 is 1.20 bits per heavy atom. The van der Waals surface area contributed by atoms with Crippen LogP contribution in [0.1, 0.15) is 63.1 Å². The molecule has 1 aliphatic carbocycles. The van der Waals surface area contributed by atoms with E-state index >= 15 is 0 Å². The summed E-state index contributed by atoms with van der Waals surface area (Å²) in [5.41, 5.74) is 0.759. The second kappa shape index (κ2) is 6.21. The minimum atomic E-state index is -0.418. The number of rotatable bonds is 5. The van der Waals surface area contributed by atoms with Crippen LogP contribution in [0.5, 0.6) is 0 Å². The van der Waals surface area contributed by atoms with E-state index in [1.807, 2.05) is 6.92 Å². The van der Waals surface area contributed by atoms with Gasteiger partial charge in [-0.2, -0.15) is 0 Å². The maximum absolute atomic E-state index is 14.5. The number of benzene rings is 1. The zero-order valence-electron chi connectivity index (χ0n) is 12.7. The van der Waals surface area contributed by atoms with Gasteiger partial charge in [0.05, 0.1) is 0 Å². The molecule has 1 nitrogen and oxygen atoms in total. The monoisotopic (exact) mass is 281 g/mol. The quantitative estimate of drug-likeness (QED) is 0.810. The summed E-state index contributed by atoms with van der Waals surface area (Å²) in [5, 5.41) is 3.36. The lowest BCUT2D eigenvalue weighted by molar-refractivity contribution is 0.181. The maximum atomic E-state index is 14.5. The van der Waals surface area contributed by atoms with Gasteiger partial charge in [0.15, 0.2) is 0 Å². The molecule has 0 radical (unpaired) electrons. The predicted octanol–water partition coefficient (Wildman–Crippen LogP) is 4.89. The lowest BCUT2D eigenvalue weighted by atomic mass is 9.73. The van der Waals surface area contributed by atoms with E-state index in [0.717, 1.165) is 38.6 Å². The molecule has 20 heavy (non-hydrogen) atoms. The minimum absolute atomic E-state index is 0.00845. The van der Waals surface area contributed by atoms with E-state index in [1.54, 1.807) is 6.92 Å². The first kappa shape index (κ1) is 15.4. The summed E-state index contributed by atoms with van der Waals surface area (Å²) in [6.07, 6.45) is 5.37. The van der Waals surface area contributed by atoms with E-state index in [9.17, 15) is 8.78 Å². The van der Waals surface area contributed by atoms with E-state index < -0.39 is 5.82 Å². The van der Waals surface area contributed by atoms with Crippen LogP contribution in [-0.2, 0) is 0 Å². The molecule has 1 atom stereocenters. The van der Waals surface area contributed by atoms with Gasteiger partial charge in [-0.25, -0.2) is 8.78 Å². The summed E-state index contributed by atoms with van der Waals surface area (Å²) >= 11 is 0. The number of hydrogen-bond acceptors (Lipinski definition) is 1. The van der Waals surface area contributed by atoms with E-state index in [-0.39, 0.29) is 22.8 Å². The molecule has 0 saturated heterocycles. The largest absolute Gasteiger partial charge is 0.310 e. The average molecular weight is 281 g/mol. The molecule has 0 spiro atoms. The molecule has 1 saturated carbocycles. The highest BCUT2D eigenvalue weighted by Crippen LogP contribution is 2.51. The Labute approximate surface area is 120 Å². The first-order valence-corrected chi connectivity index (χ1v) is 7.73. The molecular formula is C17H25F2N. The molecule has 0 heterocycles. The zero-order valence-corrected chi connectivity index (χ0v) is 12.7. The van der Waals surface area contributed by atoms with Crippen LogP contribution in [0.4, 0.5) is 8.78 Å². The van der Waals surface area contributed by atoms with E-state index in [0.29, 0.717) is 5.56 Å². The van der Waals surface area contributed by atoms with Crippen LogP contribution in [0.15, 0.2) is 12.1 Å². The number of aryl methyl sites for hydroxylation is 1. The zero-order chi connectivity index (χ0) is 14.8. The van der Waals surface area contributed by atoms with Crippen molar-refractivity contribution in [2.75, 3.05) is 6.54 Å². The molecule has 2 rings (SSSR count). The van der Waals surface area contributed by atoms with Crippen LogP contribution in [0.3, 0.4) is 0 Å². The number of nitrogens with one attached hydrogen (secondary N) is 1. The fourth-order valence-electron chi connectivity index (χ4n) is 3.70. The molecule has 1 aromatic rings. The SMILES string of the molecule is CCNC(c1c(F)ccc(C)c1F)C1(CC)CCCC1. The van der Waals surface area contributed by atoms with E-state index in [4.69, 9.17) is 0 Å². The second-order valence-corrected chi connectivity index (χ2v) is 6.01. The van der Waals surface area contributed by atoms with Gasteiger partial charge in [-0.05, 0) is 49.8 Å². The highest BCUT2D eigenvalue weighted by molar-refractivity contribution is 5.31. The Morgan fingerprint density at radius 2 is 1.85 bits per heavy atom.